The SMILES string of the molecule is COc1ccc2[nH]c(=O)c(C3C4=C(CC(C)(C)CC4=O)Nc4c3c(C)nn4-c3ccccc3)cc2c1. The Balaban J connectivity index is 1.64. The average molecular weight is 481 g/mol. The Labute approximate surface area is 208 Å². The second kappa shape index (κ2) is 7.95. The quantitative estimate of drug-likeness (QED) is 0.419. The highest BCUT2D eigenvalue weighted by Crippen LogP contribution is 2.50. The van der Waals surface area contributed by atoms with Crippen LogP contribution < -0.4 is 15.6 Å². The molecule has 2 N–H and O–H groups in total. The van der Waals surface area contributed by atoms with E-state index in [4.69, 9.17) is 9.84 Å². The number of hydrogen-bond donors (Lipinski definition) is 2. The molecule has 0 radical (unpaired) electrons. The smallest absolute Gasteiger partial charge is 0.252 e. The Morgan fingerprint density at radius 3 is 2.58 bits per heavy atom. The summed E-state index contributed by atoms with van der Waals surface area (Å²) in [6, 6.07) is 17.4. The maximum absolute atomic E-state index is 13.6. The van der Waals surface area contributed by atoms with Crippen molar-refractivity contribution in [2.45, 2.75) is 39.5 Å². The van der Waals surface area contributed by atoms with Gasteiger partial charge in [0.2, 0.25) is 0 Å². The van der Waals surface area contributed by atoms with Crippen molar-refractivity contribution in [3.8, 4) is 11.4 Å². The average Bonchev–Trinajstić information content (AvgIpc) is 3.18. The van der Waals surface area contributed by atoms with Gasteiger partial charge in [0.15, 0.2) is 5.78 Å². The number of nitrogens with zero attached hydrogens (tertiary/aromatic N) is 2. The van der Waals surface area contributed by atoms with E-state index in [-0.39, 0.29) is 16.8 Å². The second-order valence-corrected chi connectivity index (χ2v) is 10.5. The highest BCUT2D eigenvalue weighted by atomic mass is 16.5. The Morgan fingerprint density at radius 1 is 1.06 bits per heavy atom. The largest absolute Gasteiger partial charge is 0.497 e. The highest BCUT2D eigenvalue weighted by molar-refractivity contribution is 6.02. The summed E-state index contributed by atoms with van der Waals surface area (Å²) in [4.78, 5) is 30.2. The summed E-state index contributed by atoms with van der Waals surface area (Å²) in [7, 11) is 1.62. The van der Waals surface area contributed by atoms with Crippen LogP contribution in [0, 0.1) is 12.3 Å². The van der Waals surface area contributed by atoms with Crippen LogP contribution in [0.3, 0.4) is 0 Å². The number of methoxy groups -OCH3 is 1. The van der Waals surface area contributed by atoms with Crippen LogP contribution in [0.15, 0.2) is 70.7 Å². The molecule has 182 valence electrons. The van der Waals surface area contributed by atoms with Gasteiger partial charge in [-0.1, -0.05) is 32.0 Å². The zero-order chi connectivity index (χ0) is 25.2. The molecule has 4 aromatic rings. The molecule has 2 aliphatic rings. The van der Waals surface area contributed by atoms with E-state index < -0.39 is 5.92 Å². The van der Waals surface area contributed by atoms with Crippen LogP contribution in [0.2, 0.25) is 0 Å². The predicted octanol–water partition coefficient (Wildman–Crippen LogP) is 5.23. The fourth-order valence-corrected chi connectivity index (χ4v) is 5.68. The van der Waals surface area contributed by atoms with Crippen molar-refractivity contribution in [2.24, 2.45) is 5.41 Å². The number of aromatic nitrogens is 3. The fourth-order valence-electron chi connectivity index (χ4n) is 5.68. The van der Waals surface area contributed by atoms with Crippen LogP contribution in [0.1, 0.15) is 49.4 Å². The molecule has 7 nitrogen and oxygen atoms in total. The van der Waals surface area contributed by atoms with Crippen molar-refractivity contribution < 1.29 is 9.53 Å². The van der Waals surface area contributed by atoms with Gasteiger partial charge < -0.3 is 15.0 Å². The van der Waals surface area contributed by atoms with Crippen LogP contribution >= 0.6 is 0 Å². The zero-order valence-corrected chi connectivity index (χ0v) is 20.8. The number of anilines is 1. The number of carbonyl (C=O) groups excluding carboxylic acids is 1. The number of H-pyrrole nitrogens is 1. The number of allylic oxidation sites excluding steroid dienone is 2. The van der Waals surface area contributed by atoms with Crippen molar-refractivity contribution in [3.05, 3.63) is 93.0 Å². The number of aryl methyl sites for hydroxylation is 1. The molecular weight excluding hydrogens is 452 g/mol. The van der Waals surface area contributed by atoms with E-state index in [1.807, 2.05) is 66.2 Å². The number of fused-ring (bicyclic) bond motifs is 2. The van der Waals surface area contributed by atoms with Crippen LogP contribution in [0.5, 0.6) is 5.75 Å². The molecule has 1 aliphatic carbocycles. The van der Waals surface area contributed by atoms with E-state index in [0.717, 1.165) is 39.4 Å². The molecule has 0 fully saturated rings. The summed E-state index contributed by atoms with van der Waals surface area (Å²) < 4.78 is 7.29. The monoisotopic (exact) mass is 480 g/mol. The minimum Gasteiger partial charge on any atom is -0.497 e. The lowest BCUT2D eigenvalue weighted by atomic mass is 9.69. The summed E-state index contributed by atoms with van der Waals surface area (Å²) in [5, 5.41) is 9.29. The van der Waals surface area contributed by atoms with Gasteiger partial charge in [0, 0.05) is 39.7 Å². The first kappa shape index (κ1) is 22.3. The molecule has 36 heavy (non-hydrogen) atoms. The highest BCUT2D eigenvalue weighted by Gasteiger charge is 2.43. The predicted molar refractivity (Wildman–Crippen MR) is 140 cm³/mol. The van der Waals surface area contributed by atoms with Gasteiger partial charge in [0.25, 0.3) is 5.56 Å². The van der Waals surface area contributed by atoms with Gasteiger partial charge in [-0.25, -0.2) is 4.68 Å². The third-order valence-corrected chi connectivity index (χ3v) is 7.27. The molecule has 0 amide bonds. The summed E-state index contributed by atoms with van der Waals surface area (Å²) in [5.74, 6) is 1.06. The van der Waals surface area contributed by atoms with Crippen molar-refractivity contribution in [1.29, 1.82) is 0 Å². The minimum atomic E-state index is -0.517. The van der Waals surface area contributed by atoms with Crippen LogP contribution in [-0.2, 0) is 4.79 Å². The molecular formula is C29H28N4O3. The summed E-state index contributed by atoms with van der Waals surface area (Å²) in [6.07, 6.45) is 1.15. The maximum atomic E-state index is 13.6. The molecule has 1 aliphatic heterocycles. The molecule has 0 bridgehead atoms. The molecule has 2 aromatic carbocycles. The minimum absolute atomic E-state index is 0.0707. The number of aromatic amines is 1. The van der Waals surface area contributed by atoms with E-state index in [9.17, 15) is 9.59 Å². The topological polar surface area (TPSA) is 89.0 Å². The van der Waals surface area contributed by atoms with Gasteiger partial charge in [-0.3, -0.25) is 9.59 Å². The second-order valence-electron chi connectivity index (χ2n) is 10.5. The van der Waals surface area contributed by atoms with Crippen molar-refractivity contribution in [3.63, 3.8) is 0 Å². The van der Waals surface area contributed by atoms with Crippen LogP contribution in [0.25, 0.3) is 16.6 Å². The number of pyridine rings is 1. The van der Waals surface area contributed by atoms with E-state index >= 15 is 0 Å². The molecule has 0 saturated carbocycles. The van der Waals surface area contributed by atoms with Crippen molar-refractivity contribution >= 4 is 22.5 Å². The molecule has 2 aromatic heterocycles. The zero-order valence-electron chi connectivity index (χ0n) is 20.8. The normalized spacial score (nSPS) is 18.6. The Morgan fingerprint density at radius 2 is 1.83 bits per heavy atom. The lowest BCUT2D eigenvalue weighted by Crippen LogP contribution is -2.35. The van der Waals surface area contributed by atoms with Gasteiger partial charge in [0.05, 0.1) is 24.4 Å². The Kier molecular flexibility index (Phi) is 4.93. The fraction of sp³-hybridized carbons (Fsp3) is 0.276. The van der Waals surface area contributed by atoms with E-state index in [2.05, 4.69) is 24.1 Å². The number of rotatable bonds is 3. The number of ketones is 1. The lowest BCUT2D eigenvalue weighted by Gasteiger charge is -2.38. The van der Waals surface area contributed by atoms with Crippen LogP contribution in [-0.4, -0.2) is 27.7 Å². The first-order valence-corrected chi connectivity index (χ1v) is 12.1. The third-order valence-electron chi connectivity index (χ3n) is 7.27. The van der Waals surface area contributed by atoms with E-state index in [1.54, 1.807) is 7.11 Å². The lowest BCUT2D eigenvalue weighted by molar-refractivity contribution is -0.118. The maximum Gasteiger partial charge on any atom is 0.252 e. The number of benzene rings is 2. The molecule has 3 heterocycles. The third kappa shape index (κ3) is 3.46. The summed E-state index contributed by atoms with van der Waals surface area (Å²) >= 11 is 0. The molecule has 1 atom stereocenters. The number of hydrogen-bond acceptors (Lipinski definition) is 5. The number of carbonyl (C=O) groups is 1. The molecule has 7 heteroatoms. The van der Waals surface area contributed by atoms with Gasteiger partial charge in [0.1, 0.15) is 11.6 Å². The number of ether oxygens (including phenoxy) is 1. The molecule has 6 rings (SSSR count). The Hall–Kier alpha value is -4.13. The van der Waals surface area contributed by atoms with Crippen molar-refractivity contribution in [1.82, 2.24) is 14.8 Å². The summed E-state index contributed by atoms with van der Waals surface area (Å²) in [6.45, 7) is 6.15. The van der Waals surface area contributed by atoms with Crippen LogP contribution in [0.4, 0.5) is 5.82 Å². The molecule has 1 unspecified atom stereocenters. The van der Waals surface area contributed by atoms with E-state index in [0.29, 0.717) is 29.7 Å². The molecule has 0 spiro atoms. The number of para-hydroxylation sites is 1. The first-order valence-electron chi connectivity index (χ1n) is 12.1. The standard InChI is InChI=1S/C29H28N4O3/c1-16-24-25(20-13-17-12-19(36-4)10-11-21(17)31-28(20)35)26-22(14-29(2,3)15-23(26)34)30-27(24)33(32-16)18-8-6-5-7-9-18/h5-13,25,30H,14-15H2,1-4H3,(H,31,35). The molecule has 0 saturated heterocycles. The van der Waals surface area contributed by atoms with Gasteiger partial charge in [-0.15, -0.1) is 0 Å². The number of Topliss-reactive ketones (excluding diaryl/α,β-unsaturated/α-hetero) is 1. The number of nitrogens with one attached hydrogen (secondary N) is 2. The van der Waals surface area contributed by atoms with Gasteiger partial charge >= 0.3 is 0 Å². The summed E-state index contributed by atoms with van der Waals surface area (Å²) in [5.41, 5.74) is 4.97. The van der Waals surface area contributed by atoms with E-state index in [1.165, 1.54) is 0 Å². The van der Waals surface area contributed by atoms with Gasteiger partial charge in [-0.2, -0.15) is 5.10 Å². The van der Waals surface area contributed by atoms with Gasteiger partial charge in [-0.05, 0) is 55.2 Å². The van der Waals surface area contributed by atoms with Crippen molar-refractivity contribution in [2.75, 3.05) is 12.4 Å². The Bertz CT molecular complexity index is 1630. The first-order chi connectivity index (χ1) is 17.3.